The number of nitrogens with two attached hydrogens (primary N) is 1. The van der Waals surface area contributed by atoms with E-state index in [1.165, 1.54) is 26.1 Å². The van der Waals surface area contributed by atoms with Gasteiger partial charge in [-0.15, -0.1) is 0 Å². The van der Waals surface area contributed by atoms with E-state index in [-0.39, 0.29) is 0 Å². The molecule has 0 saturated carbocycles. The van der Waals surface area contributed by atoms with Crippen molar-refractivity contribution in [1.29, 1.82) is 0 Å². The average Bonchev–Trinajstić information content (AvgIpc) is 2.52. The first-order valence-electron chi connectivity index (χ1n) is 7.36. The summed E-state index contributed by atoms with van der Waals surface area (Å²) in [4.78, 5) is 5.10. The van der Waals surface area contributed by atoms with Crippen LogP contribution in [0.3, 0.4) is 0 Å². The molecule has 2 heterocycles. The number of nitrogens with zero attached hydrogens (tertiary/aromatic N) is 2. The van der Waals surface area contributed by atoms with Crippen LogP contribution in [0.25, 0.3) is 0 Å². The van der Waals surface area contributed by atoms with E-state index in [4.69, 9.17) is 10.5 Å². The van der Waals surface area contributed by atoms with Gasteiger partial charge >= 0.3 is 0 Å². The molecule has 4 nitrogen and oxygen atoms in total. The third-order valence-corrected chi connectivity index (χ3v) is 4.71. The summed E-state index contributed by atoms with van der Waals surface area (Å²) in [6, 6.07) is 0.642. The highest BCUT2D eigenvalue weighted by molar-refractivity contribution is 4.88. The fraction of sp³-hybridized carbons (Fsp3) is 1.00. The van der Waals surface area contributed by atoms with Crippen molar-refractivity contribution >= 4 is 0 Å². The second kappa shape index (κ2) is 6.33. The molecule has 0 aromatic heterocycles. The molecule has 0 bridgehead atoms. The highest BCUT2D eigenvalue weighted by Gasteiger charge is 2.34. The van der Waals surface area contributed by atoms with Gasteiger partial charge in [-0.3, -0.25) is 4.90 Å². The first kappa shape index (κ1) is 14.3. The fourth-order valence-electron chi connectivity index (χ4n) is 3.32. The highest BCUT2D eigenvalue weighted by atomic mass is 16.5. The van der Waals surface area contributed by atoms with Crippen LogP contribution in [0.4, 0.5) is 0 Å². The van der Waals surface area contributed by atoms with Crippen molar-refractivity contribution in [1.82, 2.24) is 9.80 Å². The average molecular weight is 255 g/mol. The molecule has 18 heavy (non-hydrogen) atoms. The molecule has 0 radical (unpaired) electrons. The van der Waals surface area contributed by atoms with Crippen molar-refractivity contribution in [2.24, 2.45) is 11.1 Å². The third-order valence-electron chi connectivity index (χ3n) is 4.71. The van der Waals surface area contributed by atoms with Crippen LogP contribution < -0.4 is 5.73 Å². The van der Waals surface area contributed by atoms with E-state index in [1.54, 1.807) is 0 Å². The summed E-state index contributed by atoms with van der Waals surface area (Å²) in [6.45, 7) is 9.70. The Labute approximate surface area is 111 Å². The van der Waals surface area contributed by atoms with Crippen molar-refractivity contribution in [3.8, 4) is 0 Å². The molecule has 2 aliphatic rings. The van der Waals surface area contributed by atoms with Gasteiger partial charge in [0.15, 0.2) is 0 Å². The maximum absolute atomic E-state index is 6.07. The summed E-state index contributed by atoms with van der Waals surface area (Å²) in [5.41, 5.74) is 6.38. The first-order valence-corrected chi connectivity index (χ1v) is 7.36. The van der Waals surface area contributed by atoms with E-state index in [0.717, 1.165) is 39.1 Å². The molecular weight excluding hydrogens is 226 g/mol. The van der Waals surface area contributed by atoms with Gasteiger partial charge in [-0.2, -0.15) is 0 Å². The van der Waals surface area contributed by atoms with Crippen LogP contribution in [0.2, 0.25) is 0 Å². The summed E-state index contributed by atoms with van der Waals surface area (Å²) in [5.74, 6) is 0. The monoisotopic (exact) mass is 255 g/mol. The van der Waals surface area contributed by atoms with Crippen LogP contribution in [0.1, 0.15) is 26.2 Å². The molecule has 0 aromatic carbocycles. The molecule has 106 valence electrons. The Morgan fingerprint density at radius 1 is 1.28 bits per heavy atom. The summed E-state index contributed by atoms with van der Waals surface area (Å²) in [7, 11) is 2.23. The van der Waals surface area contributed by atoms with Crippen molar-refractivity contribution in [2.75, 3.05) is 53.0 Å². The van der Waals surface area contributed by atoms with E-state index in [9.17, 15) is 0 Å². The van der Waals surface area contributed by atoms with E-state index in [0.29, 0.717) is 11.5 Å². The fourth-order valence-corrected chi connectivity index (χ4v) is 3.32. The van der Waals surface area contributed by atoms with Gasteiger partial charge in [-0.1, -0.05) is 0 Å². The predicted octanol–water partition coefficient (Wildman–Crippen LogP) is 0.768. The maximum atomic E-state index is 6.07. The molecule has 0 amide bonds. The van der Waals surface area contributed by atoms with Crippen LogP contribution in [-0.4, -0.2) is 68.8 Å². The van der Waals surface area contributed by atoms with Crippen molar-refractivity contribution in [2.45, 2.75) is 32.2 Å². The van der Waals surface area contributed by atoms with Gasteiger partial charge in [-0.25, -0.2) is 0 Å². The molecule has 2 aliphatic heterocycles. The Hall–Kier alpha value is -0.160. The van der Waals surface area contributed by atoms with Gasteiger partial charge < -0.3 is 15.4 Å². The normalized spacial score (nSPS) is 31.2. The lowest BCUT2D eigenvalue weighted by Crippen LogP contribution is -2.49. The third kappa shape index (κ3) is 3.44. The summed E-state index contributed by atoms with van der Waals surface area (Å²) in [6.07, 6.45) is 3.53. The number of likely N-dealkylation sites (N-methyl/N-ethyl adjacent to an activating group) is 1. The predicted molar refractivity (Wildman–Crippen MR) is 74.7 cm³/mol. The van der Waals surface area contributed by atoms with E-state index in [2.05, 4.69) is 23.8 Å². The van der Waals surface area contributed by atoms with Gasteiger partial charge in [0.2, 0.25) is 0 Å². The molecule has 2 rings (SSSR count). The molecule has 1 atom stereocenters. The van der Waals surface area contributed by atoms with Crippen LogP contribution in [0.5, 0.6) is 0 Å². The molecule has 0 aromatic rings. The lowest BCUT2D eigenvalue weighted by atomic mass is 9.79. The highest BCUT2D eigenvalue weighted by Crippen LogP contribution is 2.31. The zero-order chi connectivity index (χ0) is 13.0. The first-order chi connectivity index (χ1) is 8.65. The van der Waals surface area contributed by atoms with Crippen LogP contribution >= 0.6 is 0 Å². The minimum Gasteiger partial charge on any atom is -0.381 e. The van der Waals surface area contributed by atoms with Crippen LogP contribution in [0, 0.1) is 5.41 Å². The minimum atomic E-state index is 0.301. The SMILES string of the molecule is CC1CN(C)CCCN1CC1(CN)CCOCC1. The lowest BCUT2D eigenvalue weighted by molar-refractivity contribution is -0.00587. The zero-order valence-corrected chi connectivity index (χ0v) is 12.0. The Morgan fingerprint density at radius 3 is 2.67 bits per heavy atom. The van der Waals surface area contributed by atoms with Gasteiger partial charge in [0.1, 0.15) is 0 Å². The Kier molecular flexibility index (Phi) is 5.01. The second-order valence-corrected chi connectivity index (χ2v) is 6.25. The standard InChI is InChI=1S/C14H29N3O/c1-13-10-16(2)6-3-7-17(13)12-14(11-15)4-8-18-9-5-14/h13H,3-12,15H2,1-2H3. The second-order valence-electron chi connectivity index (χ2n) is 6.25. The Balaban J connectivity index is 1.97. The summed E-state index contributed by atoms with van der Waals surface area (Å²) >= 11 is 0. The van der Waals surface area contributed by atoms with Crippen LogP contribution in [0.15, 0.2) is 0 Å². The summed E-state index contributed by atoms with van der Waals surface area (Å²) in [5, 5.41) is 0. The van der Waals surface area contributed by atoms with Gasteiger partial charge in [-0.05, 0) is 58.3 Å². The van der Waals surface area contributed by atoms with Gasteiger partial charge in [0, 0.05) is 32.3 Å². The molecular formula is C14H29N3O. The zero-order valence-electron chi connectivity index (χ0n) is 12.0. The molecule has 2 saturated heterocycles. The molecule has 1 unspecified atom stereocenters. The largest absolute Gasteiger partial charge is 0.381 e. The molecule has 0 aliphatic carbocycles. The van der Waals surface area contributed by atoms with E-state index < -0.39 is 0 Å². The smallest absolute Gasteiger partial charge is 0.0472 e. The number of hydrogen-bond acceptors (Lipinski definition) is 4. The Bertz CT molecular complexity index is 253. The number of ether oxygens (including phenoxy) is 1. The topological polar surface area (TPSA) is 41.7 Å². The quantitative estimate of drug-likeness (QED) is 0.809. The van der Waals surface area contributed by atoms with Crippen molar-refractivity contribution < 1.29 is 4.74 Å². The Morgan fingerprint density at radius 2 is 2.00 bits per heavy atom. The van der Waals surface area contributed by atoms with Gasteiger partial charge in [0.25, 0.3) is 0 Å². The minimum absolute atomic E-state index is 0.301. The van der Waals surface area contributed by atoms with E-state index in [1.807, 2.05) is 0 Å². The lowest BCUT2D eigenvalue weighted by Gasteiger charge is -2.42. The maximum Gasteiger partial charge on any atom is 0.0472 e. The van der Waals surface area contributed by atoms with E-state index >= 15 is 0 Å². The number of rotatable bonds is 3. The van der Waals surface area contributed by atoms with Gasteiger partial charge in [0.05, 0.1) is 0 Å². The van der Waals surface area contributed by atoms with Crippen molar-refractivity contribution in [3.63, 3.8) is 0 Å². The molecule has 2 fully saturated rings. The van der Waals surface area contributed by atoms with Crippen molar-refractivity contribution in [3.05, 3.63) is 0 Å². The molecule has 4 heteroatoms. The molecule has 0 spiro atoms. The number of hydrogen-bond donors (Lipinski definition) is 1. The molecule has 2 N–H and O–H groups in total. The summed E-state index contributed by atoms with van der Waals surface area (Å²) < 4.78 is 5.50. The van der Waals surface area contributed by atoms with Crippen LogP contribution in [-0.2, 0) is 4.74 Å².